The lowest BCUT2D eigenvalue weighted by Crippen LogP contribution is -2.55. The number of phenols is 1. The molecule has 0 bridgehead atoms. The van der Waals surface area contributed by atoms with Crippen molar-refractivity contribution in [1.29, 1.82) is 0 Å². The SMILES string of the molecule is Cc1cc(O)cc(C)c1C[C@H](NC(=O)[C@@H](CCCN=C(N)N)NC(=O)O)C(=O)N[C@@H](Cc1cnc[nH]1)c1nc(-c2ccccc2)no1. The van der Waals surface area contributed by atoms with Crippen molar-refractivity contribution in [2.24, 2.45) is 16.5 Å². The number of rotatable bonds is 15. The quantitative estimate of drug-likeness (QED) is 0.0522. The van der Waals surface area contributed by atoms with E-state index in [1.807, 2.05) is 30.3 Å². The van der Waals surface area contributed by atoms with Crippen molar-refractivity contribution in [3.8, 4) is 17.1 Å². The molecule has 0 saturated heterocycles. The molecule has 0 aliphatic rings. The maximum atomic E-state index is 14.1. The Hall–Kier alpha value is -5.93. The van der Waals surface area contributed by atoms with Gasteiger partial charge in [-0.3, -0.25) is 14.6 Å². The summed E-state index contributed by atoms with van der Waals surface area (Å²) in [6.07, 6.45) is 2.26. The van der Waals surface area contributed by atoms with Gasteiger partial charge in [-0.15, -0.1) is 0 Å². The van der Waals surface area contributed by atoms with E-state index in [4.69, 9.17) is 16.0 Å². The molecule has 0 unspecified atom stereocenters. The fourth-order valence-electron chi connectivity index (χ4n) is 5.07. The van der Waals surface area contributed by atoms with Gasteiger partial charge in [-0.05, 0) is 55.5 Å². The largest absolute Gasteiger partial charge is 0.508 e. The van der Waals surface area contributed by atoms with Crippen LogP contribution in [0.3, 0.4) is 0 Å². The molecule has 2 aromatic heterocycles. The molecule has 47 heavy (non-hydrogen) atoms. The molecule has 10 N–H and O–H groups in total. The summed E-state index contributed by atoms with van der Waals surface area (Å²) in [6, 6.07) is 9.08. The lowest BCUT2D eigenvalue weighted by molar-refractivity contribution is -0.130. The van der Waals surface area contributed by atoms with Crippen molar-refractivity contribution < 1.29 is 29.1 Å². The van der Waals surface area contributed by atoms with Crippen molar-refractivity contribution in [3.05, 3.63) is 83.3 Å². The van der Waals surface area contributed by atoms with Gasteiger partial charge >= 0.3 is 6.09 Å². The molecule has 4 aromatic rings. The zero-order valence-electron chi connectivity index (χ0n) is 25.9. The predicted octanol–water partition coefficient (Wildman–Crippen LogP) is 1.60. The van der Waals surface area contributed by atoms with Gasteiger partial charge in [0.2, 0.25) is 23.5 Å². The second-order valence-corrected chi connectivity index (χ2v) is 10.9. The third kappa shape index (κ3) is 9.78. The second-order valence-electron chi connectivity index (χ2n) is 10.9. The monoisotopic (exact) mass is 646 g/mol. The van der Waals surface area contributed by atoms with Crippen LogP contribution in [0.25, 0.3) is 11.4 Å². The molecule has 0 spiro atoms. The maximum absolute atomic E-state index is 14.1. The molecule has 248 valence electrons. The van der Waals surface area contributed by atoms with Gasteiger partial charge in [0.25, 0.3) is 0 Å². The Kier molecular flexibility index (Phi) is 11.5. The number of amides is 3. The zero-order chi connectivity index (χ0) is 33.9. The summed E-state index contributed by atoms with van der Waals surface area (Å²) in [6.45, 7) is 3.73. The van der Waals surface area contributed by atoms with E-state index in [9.17, 15) is 24.6 Å². The smallest absolute Gasteiger partial charge is 0.405 e. The highest BCUT2D eigenvalue weighted by atomic mass is 16.5. The number of nitrogens with one attached hydrogen (secondary N) is 4. The highest BCUT2D eigenvalue weighted by Gasteiger charge is 2.31. The summed E-state index contributed by atoms with van der Waals surface area (Å²) >= 11 is 0. The minimum atomic E-state index is -1.41. The maximum Gasteiger partial charge on any atom is 0.405 e. The van der Waals surface area contributed by atoms with E-state index in [1.54, 1.807) is 32.2 Å². The second kappa shape index (κ2) is 15.9. The molecule has 16 nitrogen and oxygen atoms in total. The standard InChI is InChI=1S/C31H38N10O6/c1-17-11-21(42)12-18(2)22(17)14-24(37-27(43)23(39-31(45)46)9-6-10-35-30(32)33)28(44)38-25(13-20-15-34-16-36-20)29-40-26(41-47-29)19-7-4-3-5-8-19/h3-5,7-8,11-12,15-16,23-25,39,42H,6,9-10,13-14H2,1-2H3,(H,34,36)(H,37,43)(H,38,44)(H,45,46)(H4,32,33,35)/t23-,24+,25+/m1/s1. The number of aryl methyl sites for hydroxylation is 2. The van der Waals surface area contributed by atoms with Crippen LogP contribution in [-0.4, -0.2) is 72.8 Å². The van der Waals surface area contributed by atoms with E-state index in [2.05, 4.69) is 41.1 Å². The molecule has 3 amide bonds. The highest BCUT2D eigenvalue weighted by molar-refractivity contribution is 5.91. The van der Waals surface area contributed by atoms with Crippen molar-refractivity contribution in [2.75, 3.05) is 6.54 Å². The van der Waals surface area contributed by atoms with Gasteiger partial charge in [-0.1, -0.05) is 35.5 Å². The predicted molar refractivity (Wildman–Crippen MR) is 171 cm³/mol. The first kappa shape index (κ1) is 34.0. The Morgan fingerprint density at radius 1 is 1.00 bits per heavy atom. The summed E-state index contributed by atoms with van der Waals surface area (Å²) in [5.74, 6) is -0.933. The average molecular weight is 647 g/mol. The summed E-state index contributed by atoms with van der Waals surface area (Å²) in [4.78, 5) is 54.6. The number of aromatic amines is 1. The fourth-order valence-corrected chi connectivity index (χ4v) is 5.07. The Morgan fingerprint density at radius 3 is 2.34 bits per heavy atom. The molecule has 0 radical (unpaired) electrons. The van der Waals surface area contributed by atoms with Crippen molar-refractivity contribution >= 4 is 23.9 Å². The van der Waals surface area contributed by atoms with Gasteiger partial charge < -0.3 is 47.1 Å². The van der Waals surface area contributed by atoms with Gasteiger partial charge in [0.15, 0.2) is 5.96 Å². The number of nitrogens with two attached hydrogens (primary N) is 2. The van der Waals surface area contributed by atoms with Crippen LogP contribution in [0.1, 0.15) is 47.2 Å². The number of nitrogens with zero attached hydrogens (tertiary/aromatic N) is 4. The number of imidazole rings is 1. The lowest BCUT2D eigenvalue weighted by Gasteiger charge is -2.25. The van der Waals surface area contributed by atoms with E-state index < -0.39 is 36.0 Å². The van der Waals surface area contributed by atoms with Crippen molar-refractivity contribution in [1.82, 2.24) is 36.1 Å². The van der Waals surface area contributed by atoms with E-state index in [0.29, 0.717) is 33.8 Å². The molecular formula is C31H38N10O6. The minimum absolute atomic E-state index is 0.0270. The number of H-pyrrole nitrogens is 1. The Morgan fingerprint density at radius 2 is 1.70 bits per heavy atom. The van der Waals surface area contributed by atoms with Gasteiger partial charge in [0.05, 0.1) is 6.33 Å². The van der Waals surface area contributed by atoms with Crippen LogP contribution >= 0.6 is 0 Å². The molecule has 0 fully saturated rings. The highest BCUT2D eigenvalue weighted by Crippen LogP contribution is 2.24. The van der Waals surface area contributed by atoms with Gasteiger partial charge in [0, 0.05) is 36.8 Å². The van der Waals surface area contributed by atoms with Crippen molar-refractivity contribution in [2.45, 2.75) is 57.7 Å². The van der Waals surface area contributed by atoms with Gasteiger partial charge in [-0.25, -0.2) is 9.78 Å². The Bertz CT molecular complexity index is 1660. The molecular weight excluding hydrogens is 608 g/mol. The number of phenolic OH excluding ortho intramolecular Hbond substituents is 1. The van der Waals surface area contributed by atoms with E-state index >= 15 is 0 Å². The first-order valence-electron chi connectivity index (χ1n) is 14.8. The molecule has 0 saturated carbocycles. The molecule has 4 rings (SSSR count). The first-order valence-corrected chi connectivity index (χ1v) is 14.8. The zero-order valence-corrected chi connectivity index (χ0v) is 25.9. The molecule has 16 heteroatoms. The molecule has 2 aromatic carbocycles. The number of carboxylic acid groups (broad SMARTS) is 1. The number of benzene rings is 2. The molecule has 0 aliphatic carbocycles. The average Bonchev–Trinajstić information content (AvgIpc) is 3.72. The van der Waals surface area contributed by atoms with Crippen LogP contribution in [-0.2, 0) is 22.4 Å². The number of aliphatic imine (C=N–C) groups is 1. The van der Waals surface area contributed by atoms with E-state index in [0.717, 1.165) is 0 Å². The Balaban J connectivity index is 1.63. The minimum Gasteiger partial charge on any atom is -0.508 e. The number of carbonyl (C=O) groups is 3. The van der Waals surface area contributed by atoms with Crippen molar-refractivity contribution in [3.63, 3.8) is 0 Å². The number of hydrogen-bond acceptors (Lipinski definition) is 9. The lowest BCUT2D eigenvalue weighted by atomic mass is 9.95. The van der Waals surface area contributed by atoms with E-state index in [-0.39, 0.29) is 49.8 Å². The van der Waals surface area contributed by atoms with Crippen LogP contribution in [0, 0.1) is 13.8 Å². The van der Waals surface area contributed by atoms with Gasteiger partial charge in [-0.2, -0.15) is 4.98 Å². The number of carbonyl (C=O) groups excluding carboxylic acids is 2. The summed E-state index contributed by atoms with van der Waals surface area (Å²) < 4.78 is 5.59. The molecule has 0 aliphatic heterocycles. The van der Waals surface area contributed by atoms with Gasteiger partial charge in [0.1, 0.15) is 23.9 Å². The molecule has 2 heterocycles. The van der Waals surface area contributed by atoms with E-state index in [1.165, 1.54) is 6.33 Å². The third-order valence-corrected chi connectivity index (χ3v) is 7.35. The number of aromatic hydroxyl groups is 1. The van der Waals surface area contributed by atoms with Crippen LogP contribution < -0.4 is 27.4 Å². The fraction of sp³-hybridized carbons (Fsp3) is 0.323. The van der Waals surface area contributed by atoms with Crippen LogP contribution in [0.15, 0.2) is 64.5 Å². The third-order valence-electron chi connectivity index (χ3n) is 7.35. The van der Waals surface area contributed by atoms with Crippen LogP contribution in [0.2, 0.25) is 0 Å². The first-order chi connectivity index (χ1) is 22.5. The summed E-state index contributed by atoms with van der Waals surface area (Å²) in [5, 5.41) is 31.4. The summed E-state index contributed by atoms with van der Waals surface area (Å²) in [7, 11) is 0. The number of guanidine groups is 1. The summed E-state index contributed by atoms with van der Waals surface area (Å²) in [5.41, 5.74) is 14.2. The normalized spacial score (nSPS) is 12.8. The number of hydrogen-bond donors (Lipinski definition) is 8. The molecule has 3 atom stereocenters. The van der Waals surface area contributed by atoms with Crippen LogP contribution in [0.5, 0.6) is 5.75 Å². The Labute approximate surface area is 270 Å². The topological polar surface area (TPSA) is 260 Å². The van der Waals surface area contributed by atoms with Crippen LogP contribution in [0.4, 0.5) is 4.79 Å². The number of aromatic nitrogens is 4.